The molecule has 0 radical (unpaired) electrons. The highest BCUT2D eigenvalue weighted by Gasteiger charge is 2.36. The van der Waals surface area contributed by atoms with Crippen molar-refractivity contribution in [3.63, 3.8) is 0 Å². The Bertz CT molecular complexity index is 266. The molecule has 0 spiro atoms. The minimum absolute atomic E-state index is 0.753. The van der Waals surface area contributed by atoms with Crippen LogP contribution in [0.3, 0.4) is 0 Å². The monoisotopic (exact) mass is 280 g/mol. The lowest BCUT2D eigenvalue weighted by Crippen LogP contribution is -2.57. The molecule has 1 aliphatic heterocycles. The molecule has 2 rings (SSSR count). The summed E-state index contributed by atoms with van der Waals surface area (Å²) in [5.41, 5.74) is 0. The van der Waals surface area contributed by atoms with Crippen LogP contribution in [0.25, 0.3) is 0 Å². The van der Waals surface area contributed by atoms with E-state index in [1.165, 1.54) is 70.9 Å². The molecule has 20 heavy (non-hydrogen) atoms. The summed E-state index contributed by atoms with van der Waals surface area (Å²) in [5, 5.41) is 3.86. The van der Waals surface area contributed by atoms with Gasteiger partial charge < -0.3 is 5.32 Å². The van der Waals surface area contributed by atoms with Crippen molar-refractivity contribution >= 4 is 0 Å². The van der Waals surface area contributed by atoms with Crippen LogP contribution in [0, 0.1) is 5.92 Å². The molecular formula is C18H36N2. The first-order valence-corrected chi connectivity index (χ1v) is 9.25. The summed E-state index contributed by atoms with van der Waals surface area (Å²) < 4.78 is 0. The SMILES string of the molecule is CCCNC1CCC(CCC)CC1N1CCCCC1C. The normalized spacial score (nSPS) is 36.1. The summed E-state index contributed by atoms with van der Waals surface area (Å²) in [5.74, 6) is 0.985. The van der Waals surface area contributed by atoms with Crippen molar-refractivity contribution < 1.29 is 0 Å². The van der Waals surface area contributed by atoms with Gasteiger partial charge >= 0.3 is 0 Å². The van der Waals surface area contributed by atoms with E-state index in [0.717, 1.165) is 24.0 Å². The molecule has 1 saturated carbocycles. The first kappa shape index (κ1) is 16.3. The third-order valence-electron chi connectivity index (χ3n) is 5.56. The average molecular weight is 280 g/mol. The van der Waals surface area contributed by atoms with E-state index in [0.29, 0.717) is 0 Å². The summed E-state index contributed by atoms with van der Waals surface area (Å²) in [6, 6.07) is 2.37. The molecule has 2 fully saturated rings. The van der Waals surface area contributed by atoms with E-state index >= 15 is 0 Å². The fourth-order valence-corrected chi connectivity index (χ4v) is 4.45. The Kier molecular flexibility index (Phi) is 6.83. The standard InChI is InChI=1S/C18H36N2/c1-4-8-16-10-11-17(19-12-5-2)18(14-16)20-13-7-6-9-15(20)3/h15-19H,4-14H2,1-3H3. The van der Waals surface area contributed by atoms with E-state index < -0.39 is 0 Å². The molecule has 4 atom stereocenters. The lowest BCUT2D eigenvalue weighted by molar-refractivity contribution is 0.0425. The number of nitrogens with one attached hydrogen (secondary N) is 1. The molecule has 0 aromatic carbocycles. The molecule has 0 aromatic rings. The van der Waals surface area contributed by atoms with E-state index in [2.05, 4.69) is 31.0 Å². The first-order chi connectivity index (χ1) is 9.76. The molecule has 0 aromatic heterocycles. The number of rotatable bonds is 6. The van der Waals surface area contributed by atoms with Crippen LogP contribution in [0.2, 0.25) is 0 Å². The Morgan fingerprint density at radius 3 is 2.60 bits per heavy atom. The lowest BCUT2D eigenvalue weighted by atomic mass is 9.78. The Balaban J connectivity index is 1.99. The molecule has 2 aliphatic rings. The second kappa shape index (κ2) is 8.38. The first-order valence-electron chi connectivity index (χ1n) is 9.25. The zero-order valence-corrected chi connectivity index (χ0v) is 14.0. The van der Waals surface area contributed by atoms with Crippen molar-refractivity contribution in [1.82, 2.24) is 10.2 Å². The van der Waals surface area contributed by atoms with Gasteiger partial charge in [0.2, 0.25) is 0 Å². The van der Waals surface area contributed by atoms with Gasteiger partial charge in [-0.15, -0.1) is 0 Å². The third kappa shape index (κ3) is 4.21. The number of hydrogen-bond acceptors (Lipinski definition) is 2. The van der Waals surface area contributed by atoms with Gasteiger partial charge in [0.25, 0.3) is 0 Å². The maximum Gasteiger partial charge on any atom is 0.0254 e. The van der Waals surface area contributed by atoms with Gasteiger partial charge in [-0.25, -0.2) is 0 Å². The van der Waals surface area contributed by atoms with E-state index in [-0.39, 0.29) is 0 Å². The molecule has 2 nitrogen and oxygen atoms in total. The Hall–Kier alpha value is -0.0800. The van der Waals surface area contributed by atoms with Crippen molar-refractivity contribution in [3.05, 3.63) is 0 Å². The van der Waals surface area contributed by atoms with Crippen molar-refractivity contribution in [2.24, 2.45) is 5.92 Å². The van der Waals surface area contributed by atoms with Gasteiger partial charge in [0.05, 0.1) is 0 Å². The van der Waals surface area contributed by atoms with E-state index in [1.807, 2.05) is 0 Å². The minimum Gasteiger partial charge on any atom is -0.312 e. The highest BCUT2D eigenvalue weighted by molar-refractivity contribution is 4.93. The van der Waals surface area contributed by atoms with Crippen LogP contribution in [0.15, 0.2) is 0 Å². The summed E-state index contributed by atoms with van der Waals surface area (Å²) in [7, 11) is 0. The largest absolute Gasteiger partial charge is 0.312 e. The van der Waals surface area contributed by atoms with Crippen molar-refractivity contribution in [1.29, 1.82) is 0 Å². The Morgan fingerprint density at radius 1 is 1.05 bits per heavy atom. The molecule has 1 saturated heterocycles. The molecule has 118 valence electrons. The summed E-state index contributed by atoms with van der Waals surface area (Å²) in [6.45, 7) is 9.63. The van der Waals surface area contributed by atoms with Crippen molar-refractivity contribution in [2.45, 2.75) is 96.7 Å². The molecule has 2 heteroatoms. The Labute approximate surface area is 126 Å². The highest BCUT2D eigenvalue weighted by atomic mass is 15.2. The predicted octanol–water partition coefficient (Wildman–Crippen LogP) is 4.20. The van der Waals surface area contributed by atoms with Gasteiger partial charge in [-0.2, -0.15) is 0 Å². The summed E-state index contributed by atoms with van der Waals surface area (Å²) in [6.07, 6.45) is 12.6. The summed E-state index contributed by atoms with van der Waals surface area (Å²) >= 11 is 0. The number of piperidine rings is 1. The van der Waals surface area contributed by atoms with Gasteiger partial charge in [0, 0.05) is 18.1 Å². The second-order valence-electron chi connectivity index (χ2n) is 7.18. The smallest absolute Gasteiger partial charge is 0.0254 e. The maximum atomic E-state index is 3.86. The molecular weight excluding hydrogens is 244 g/mol. The fourth-order valence-electron chi connectivity index (χ4n) is 4.45. The quantitative estimate of drug-likeness (QED) is 0.784. The third-order valence-corrected chi connectivity index (χ3v) is 5.56. The molecule has 4 unspecified atom stereocenters. The van der Waals surface area contributed by atoms with Crippen LogP contribution in [0.4, 0.5) is 0 Å². The van der Waals surface area contributed by atoms with Gasteiger partial charge in [0.15, 0.2) is 0 Å². The van der Waals surface area contributed by atoms with Crippen LogP contribution in [0.1, 0.15) is 78.6 Å². The zero-order chi connectivity index (χ0) is 14.4. The van der Waals surface area contributed by atoms with Crippen LogP contribution < -0.4 is 5.32 Å². The molecule has 0 amide bonds. The number of nitrogens with zero attached hydrogens (tertiary/aromatic N) is 1. The van der Waals surface area contributed by atoms with Gasteiger partial charge in [-0.05, 0) is 64.5 Å². The Morgan fingerprint density at radius 2 is 1.90 bits per heavy atom. The van der Waals surface area contributed by atoms with Crippen LogP contribution in [-0.4, -0.2) is 36.1 Å². The van der Waals surface area contributed by atoms with E-state index in [4.69, 9.17) is 0 Å². The molecule has 1 heterocycles. The predicted molar refractivity (Wildman–Crippen MR) is 88.1 cm³/mol. The fraction of sp³-hybridized carbons (Fsp3) is 1.00. The second-order valence-corrected chi connectivity index (χ2v) is 7.18. The maximum absolute atomic E-state index is 3.86. The number of hydrogen-bond donors (Lipinski definition) is 1. The highest BCUT2D eigenvalue weighted by Crippen LogP contribution is 2.34. The molecule has 1 N–H and O–H groups in total. The lowest BCUT2D eigenvalue weighted by Gasteiger charge is -2.47. The number of likely N-dealkylation sites (tertiary alicyclic amines) is 1. The van der Waals surface area contributed by atoms with Crippen molar-refractivity contribution in [2.75, 3.05) is 13.1 Å². The topological polar surface area (TPSA) is 15.3 Å². The summed E-state index contributed by atoms with van der Waals surface area (Å²) in [4.78, 5) is 2.86. The molecule has 0 bridgehead atoms. The van der Waals surface area contributed by atoms with Crippen LogP contribution >= 0.6 is 0 Å². The van der Waals surface area contributed by atoms with E-state index in [1.54, 1.807) is 0 Å². The van der Waals surface area contributed by atoms with E-state index in [9.17, 15) is 0 Å². The average Bonchev–Trinajstić information content (AvgIpc) is 2.47. The van der Waals surface area contributed by atoms with Gasteiger partial charge in [-0.3, -0.25) is 4.90 Å². The molecule has 1 aliphatic carbocycles. The minimum atomic E-state index is 0.753. The van der Waals surface area contributed by atoms with Gasteiger partial charge in [-0.1, -0.05) is 33.1 Å². The van der Waals surface area contributed by atoms with Crippen LogP contribution in [0.5, 0.6) is 0 Å². The zero-order valence-electron chi connectivity index (χ0n) is 14.0. The van der Waals surface area contributed by atoms with Crippen LogP contribution in [-0.2, 0) is 0 Å². The van der Waals surface area contributed by atoms with Crippen molar-refractivity contribution in [3.8, 4) is 0 Å². The van der Waals surface area contributed by atoms with Gasteiger partial charge in [0.1, 0.15) is 0 Å².